The predicted octanol–water partition coefficient (Wildman–Crippen LogP) is 6.63. The number of carbonyl (C=O) groups is 2. The fourth-order valence-electron chi connectivity index (χ4n) is 5.10. The second-order valence-electron chi connectivity index (χ2n) is 11.9. The second-order valence-corrected chi connectivity index (χ2v) is 14.6. The Morgan fingerprint density at radius 2 is 1.46 bits per heavy atom. The number of nitrogens with zero attached hydrogens (tertiary/aromatic N) is 2. The smallest absolute Gasteiger partial charge is 0.264 e. The summed E-state index contributed by atoms with van der Waals surface area (Å²) in [7, 11) is -4.15. The van der Waals surface area contributed by atoms with Crippen LogP contribution >= 0.6 is 11.8 Å². The number of amides is 2. The van der Waals surface area contributed by atoms with E-state index >= 15 is 0 Å². The summed E-state index contributed by atoms with van der Waals surface area (Å²) < 4.78 is 29.6. The molecule has 0 bridgehead atoms. The van der Waals surface area contributed by atoms with Gasteiger partial charge in [-0.15, -0.1) is 11.8 Å². The summed E-state index contributed by atoms with van der Waals surface area (Å²) in [4.78, 5) is 31.0. The third kappa shape index (κ3) is 9.23. The van der Waals surface area contributed by atoms with Crippen molar-refractivity contribution < 1.29 is 18.0 Å². The summed E-state index contributed by atoms with van der Waals surface area (Å²) in [6.07, 6.45) is 2.20. The van der Waals surface area contributed by atoms with Crippen LogP contribution in [-0.2, 0) is 32.6 Å². The summed E-state index contributed by atoms with van der Waals surface area (Å²) in [5, 5.41) is 3.03. The molecule has 46 heavy (non-hydrogen) atoms. The molecule has 0 fully saturated rings. The van der Waals surface area contributed by atoms with Gasteiger partial charge >= 0.3 is 0 Å². The van der Waals surface area contributed by atoms with Gasteiger partial charge in [-0.05, 0) is 73.5 Å². The Morgan fingerprint density at radius 3 is 2.07 bits per heavy atom. The molecule has 7 nitrogen and oxygen atoms in total. The van der Waals surface area contributed by atoms with Crippen molar-refractivity contribution in [3.8, 4) is 0 Å². The number of carbonyl (C=O) groups excluding carboxylic acids is 2. The van der Waals surface area contributed by atoms with E-state index in [1.54, 1.807) is 36.4 Å². The number of aryl methyl sites for hydroxylation is 2. The van der Waals surface area contributed by atoms with E-state index in [9.17, 15) is 18.0 Å². The average molecular weight is 658 g/mol. The van der Waals surface area contributed by atoms with Gasteiger partial charge in [-0.2, -0.15) is 0 Å². The topological polar surface area (TPSA) is 86.8 Å². The van der Waals surface area contributed by atoms with Crippen LogP contribution in [0.15, 0.2) is 113 Å². The largest absolute Gasteiger partial charge is 0.354 e. The lowest BCUT2D eigenvalue weighted by Crippen LogP contribution is -2.53. The van der Waals surface area contributed by atoms with Gasteiger partial charge < -0.3 is 10.2 Å². The molecule has 0 aliphatic heterocycles. The van der Waals surface area contributed by atoms with Crippen LogP contribution in [0.1, 0.15) is 36.1 Å². The highest BCUT2D eigenvalue weighted by Gasteiger charge is 2.34. The minimum Gasteiger partial charge on any atom is -0.354 e. The van der Waals surface area contributed by atoms with Gasteiger partial charge in [0, 0.05) is 24.4 Å². The highest BCUT2D eigenvalue weighted by Crippen LogP contribution is 2.27. The quantitative estimate of drug-likeness (QED) is 0.154. The molecule has 0 aromatic heterocycles. The Kier molecular flexibility index (Phi) is 12.1. The van der Waals surface area contributed by atoms with Gasteiger partial charge in [-0.1, -0.05) is 91.7 Å². The van der Waals surface area contributed by atoms with Crippen molar-refractivity contribution in [2.45, 2.75) is 56.5 Å². The zero-order valence-electron chi connectivity index (χ0n) is 27.1. The first-order valence-corrected chi connectivity index (χ1v) is 18.0. The van der Waals surface area contributed by atoms with E-state index in [1.165, 1.54) is 16.7 Å². The van der Waals surface area contributed by atoms with E-state index in [1.807, 2.05) is 101 Å². The molecule has 0 saturated carbocycles. The molecule has 4 aromatic rings. The van der Waals surface area contributed by atoms with E-state index in [4.69, 9.17) is 0 Å². The van der Waals surface area contributed by atoms with Crippen LogP contribution < -0.4 is 9.62 Å². The van der Waals surface area contributed by atoms with Gasteiger partial charge in [0.05, 0.1) is 10.6 Å². The van der Waals surface area contributed by atoms with E-state index in [0.29, 0.717) is 12.2 Å². The van der Waals surface area contributed by atoms with Crippen LogP contribution in [0.2, 0.25) is 0 Å². The first-order chi connectivity index (χ1) is 22.0. The zero-order chi connectivity index (χ0) is 33.3. The molecule has 0 aliphatic carbocycles. The minimum atomic E-state index is -4.15. The Morgan fingerprint density at radius 1 is 0.804 bits per heavy atom. The van der Waals surface area contributed by atoms with Crippen molar-refractivity contribution in [2.24, 2.45) is 5.92 Å². The SMILES string of the molecule is CSc1ccc(S(=O)(=O)N(CC(=O)N(Cc2cccc(C)c2)C(Cc2ccccc2)C(=O)NCC(C)C)c2ccc(C)cc2)cc1. The molecule has 4 rings (SSSR count). The lowest BCUT2D eigenvalue weighted by Gasteiger charge is -2.34. The van der Waals surface area contributed by atoms with Crippen LogP contribution in [0.4, 0.5) is 5.69 Å². The molecule has 0 radical (unpaired) electrons. The van der Waals surface area contributed by atoms with Crippen molar-refractivity contribution in [3.05, 3.63) is 125 Å². The Labute approximate surface area is 278 Å². The fraction of sp³-hybridized carbons (Fsp3) is 0.297. The number of thioether (sulfide) groups is 1. The number of hydrogen-bond donors (Lipinski definition) is 1. The van der Waals surface area contributed by atoms with Crippen molar-refractivity contribution in [1.29, 1.82) is 0 Å². The highest BCUT2D eigenvalue weighted by molar-refractivity contribution is 7.98. The van der Waals surface area contributed by atoms with Crippen molar-refractivity contribution in [1.82, 2.24) is 10.2 Å². The van der Waals surface area contributed by atoms with E-state index in [-0.39, 0.29) is 29.7 Å². The standard InChI is InChI=1S/C37H43N3O4S2/c1-27(2)24-38-37(42)35(23-30-11-7-6-8-12-30)39(25-31-13-9-10-29(4)22-31)36(41)26-40(32-16-14-28(3)15-17-32)46(43,44)34-20-18-33(45-5)19-21-34/h6-22,27,35H,23-26H2,1-5H3,(H,38,42). The van der Waals surface area contributed by atoms with Gasteiger partial charge in [-0.25, -0.2) is 8.42 Å². The van der Waals surface area contributed by atoms with E-state index < -0.39 is 28.5 Å². The first kappa shape index (κ1) is 34.8. The Bertz CT molecular complexity index is 1710. The van der Waals surface area contributed by atoms with E-state index in [0.717, 1.165) is 31.5 Å². The lowest BCUT2D eigenvalue weighted by atomic mass is 10.0. The number of nitrogens with one attached hydrogen (secondary N) is 1. The molecule has 1 unspecified atom stereocenters. The highest BCUT2D eigenvalue weighted by atomic mass is 32.2. The maximum absolute atomic E-state index is 14.6. The van der Waals surface area contributed by atoms with Gasteiger partial charge in [0.1, 0.15) is 12.6 Å². The molecule has 0 spiro atoms. The molecule has 1 atom stereocenters. The van der Waals surface area contributed by atoms with E-state index in [2.05, 4.69) is 5.32 Å². The molecule has 9 heteroatoms. The predicted molar refractivity (Wildman–Crippen MR) is 187 cm³/mol. The molecular formula is C37H43N3O4S2. The Balaban J connectivity index is 1.79. The minimum absolute atomic E-state index is 0.0828. The second kappa shape index (κ2) is 16.0. The van der Waals surface area contributed by atoms with Crippen LogP contribution in [0.3, 0.4) is 0 Å². The lowest BCUT2D eigenvalue weighted by molar-refractivity contribution is -0.140. The van der Waals surface area contributed by atoms with Gasteiger partial charge in [-0.3, -0.25) is 13.9 Å². The normalized spacial score (nSPS) is 12.0. The molecule has 242 valence electrons. The first-order valence-electron chi connectivity index (χ1n) is 15.4. The number of rotatable bonds is 14. The van der Waals surface area contributed by atoms with Crippen molar-refractivity contribution in [3.63, 3.8) is 0 Å². The molecule has 4 aromatic carbocycles. The summed E-state index contributed by atoms with van der Waals surface area (Å²) in [5.74, 6) is -0.551. The van der Waals surface area contributed by atoms with Gasteiger partial charge in [0.25, 0.3) is 10.0 Å². The fourth-order valence-corrected chi connectivity index (χ4v) is 6.92. The zero-order valence-corrected chi connectivity index (χ0v) is 28.8. The molecule has 0 saturated heterocycles. The number of benzene rings is 4. The maximum Gasteiger partial charge on any atom is 0.264 e. The molecule has 0 aliphatic rings. The third-order valence-electron chi connectivity index (χ3n) is 7.64. The van der Waals surface area contributed by atoms with Crippen molar-refractivity contribution in [2.75, 3.05) is 23.7 Å². The molecule has 1 N–H and O–H groups in total. The molecule has 0 heterocycles. The summed E-state index contributed by atoms with van der Waals surface area (Å²) in [5.41, 5.74) is 4.09. The third-order valence-corrected chi connectivity index (χ3v) is 10.2. The molecular weight excluding hydrogens is 615 g/mol. The number of hydrogen-bond acceptors (Lipinski definition) is 5. The van der Waals surface area contributed by atoms with Gasteiger partial charge in [0.15, 0.2) is 0 Å². The van der Waals surface area contributed by atoms with Crippen LogP contribution in [0.5, 0.6) is 0 Å². The average Bonchev–Trinajstić information content (AvgIpc) is 3.05. The maximum atomic E-state index is 14.6. The van der Waals surface area contributed by atoms with Crippen molar-refractivity contribution >= 4 is 39.3 Å². The monoisotopic (exact) mass is 657 g/mol. The Hall–Kier alpha value is -4.08. The number of sulfonamides is 1. The molecule has 2 amide bonds. The van der Waals surface area contributed by atoms with Crippen LogP contribution in [-0.4, -0.2) is 50.5 Å². The number of anilines is 1. The summed E-state index contributed by atoms with van der Waals surface area (Å²) >= 11 is 1.52. The summed E-state index contributed by atoms with van der Waals surface area (Å²) in [6.45, 7) is 8.02. The van der Waals surface area contributed by atoms with Crippen LogP contribution in [0, 0.1) is 19.8 Å². The van der Waals surface area contributed by atoms with Crippen LogP contribution in [0.25, 0.3) is 0 Å². The van der Waals surface area contributed by atoms with Gasteiger partial charge in [0.2, 0.25) is 11.8 Å². The summed E-state index contributed by atoms with van der Waals surface area (Å²) in [6, 6.07) is 30.2.